The minimum atomic E-state index is 0.343. The maximum Gasteiger partial charge on any atom is 0.231 e. The van der Waals surface area contributed by atoms with Crippen LogP contribution in [0.15, 0.2) is 65.2 Å². The predicted molar refractivity (Wildman–Crippen MR) is 105 cm³/mol. The van der Waals surface area contributed by atoms with Gasteiger partial charge in [0.2, 0.25) is 11.7 Å². The zero-order valence-corrected chi connectivity index (χ0v) is 15.5. The Balaban J connectivity index is 1.20. The van der Waals surface area contributed by atoms with Crippen molar-refractivity contribution < 1.29 is 9.26 Å². The minimum absolute atomic E-state index is 0.343. The van der Waals surface area contributed by atoms with Crippen LogP contribution in [-0.2, 0) is 0 Å². The van der Waals surface area contributed by atoms with Crippen molar-refractivity contribution in [1.29, 1.82) is 0 Å². The van der Waals surface area contributed by atoms with Crippen molar-refractivity contribution in [3.63, 3.8) is 0 Å². The third-order valence-electron chi connectivity index (χ3n) is 4.98. The van der Waals surface area contributed by atoms with Gasteiger partial charge >= 0.3 is 0 Å². The summed E-state index contributed by atoms with van der Waals surface area (Å²) in [6, 6.07) is 20.0. The Hall–Kier alpha value is -2.66. The van der Waals surface area contributed by atoms with Crippen LogP contribution in [0.4, 0.5) is 0 Å². The first kappa shape index (κ1) is 17.7. The largest absolute Gasteiger partial charge is 0.494 e. The van der Waals surface area contributed by atoms with Gasteiger partial charge in [0.15, 0.2) is 0 Å². The molecule has 5 heteroatoms. The summed E-state index contributed by atoms with van der Waals surface area (Å²) < 4.78 is 11.3. The average molecular weight is 363 g/mol. The van der Waals surface area contributed by atoms with E-state index in [-0.39, 0.29) is 0 Å². The van der Waals surface area contributed by atoms with Crippen LogP contribution in [0.3, 0.4) is 0 Å². The molecular formula is C22H25N3O2. The maximum absolute atomic E-state index is 5.75. The number of aromatic nitrogens is 2. The highest BCUT2D eigenvalue weighted by atomic mass is 16.5. The van der Waals surface area contributed by atoms with Crippen molar-refractivity contribution in [2.24, 2.45) is 0 Å². The van der Waals surface area contributed by atoms with Gasteiger partial charge in [-0.15, -0.1) is 0 Å². The molecule has 0 unspecified atom stereocenters. The van der Waals surface area contributed by atoms with Crippen LogP contribution in [0.5, 0.6) is 5.75 Å². The molecule has 1 fully saturated rings. The molecule has 0 radical (unpaired) electrons. The molecule has 1 aliphatic rings. The SMILES string of the molecule is c1ccc(OCCCCN2CC[C@@H](c3nc(-c4ccccc4)no3)C2)cc1. The molecule has 0 bridgehead atoms. The molecule has 0 saturated carbocycles. The number of nitrogens with zero attached hydrogens (tertiary/aromatic N) is 3. The van der Waals surface area contributed by atoms with E-state index in [1.807, 2.05) is 60.7 Å². The number of ether oxygens (including phenoxy) is 1. The van der Waals surface area contributed by atoms with E-state index in [1.165, 1.54) is 0 Å². The summed E-state index contributed by atoms with van der Waals surface area (Å²) in [5.41, 5.74) is 1.00. The van der Waals surface area contributed by atoms with Crippen LogP contribution < -0.4 is 4.74 Å². The molecule has 1 atom stereocenters. The van der Waals surface area contributed by atoms with Crippen molar-refractivity contribution in [3.8, 4) is 17.1 Å². The van der Waals surface area contributed by atoms with Crippen molar-refractivity contribution >= 4 is 0 Å². The molecule has 140 valence electrons. The number of benzene rings is 2. The van der Waals surface area contributed by atoms with E-state index in [0.717, 1.165) is 62.7 Å². The molecule has 2 aromatic carbocycles. The van der Waals surface area contributed by atoms with Crippen molar-refractivity contribution in [1.82, 2.24) is 15.0 Å². The van der Waals surface area contributed by atoms with Gasteiger partial charge in [-0.05, 0) is 44.5 Å². The third-order valence-corrected chi connectivity index (χ3v) is 4.98. The Morgan fingerprint density at radius 1 is 1.00 bits per heavy atom. The number of hydrogen-bond donors (Lipinski definition) is 0. The lowest BCUT2D eigenvalue weighted by Crippen LogP contribution is -2.22. The van der Waals surface area contributed by atoms with Crippen molar-refractivity contribution in [2.45, 2.75) is 25.2 Å². The van der Waals surface area contributed by atoms with Gasteiger partial charge in [-0.25, -0.2) is 0 Å². The third kappa shape index (κ3) is 4.74. The predicted octanol–water partition coefficient (Wildman–Crippen LogP) is 4.39. The highest BCUT2D eigenvalue weighted by molar-refractivity contribution is 5.53. The molecule has 1 saturated heterocycles. The van der Waals surface area contributed by atoms with Crippen molar-refractivity contribution in [3.05, 3.63) is 66.6 Å². The summed E-state index contributed by atoms with van der Waals surface area (Å²) in [6.45, 7) is 3.95. The van der Waals surface area contributed by atoms with Crippen LogP contribution in [-0.4, -0.2) is 41.3 Å². The average Bonchev–Trinajstić information content (AvgIpc) is 3.39. The van der Waals surface area contributed by atoms with Gasteiger partial charge in [-0.2, -0.15) is 4.98 Å². The van der Waals surface area contributed by atoms with Crippen molar-refractivity contribution in [2.75, 3.05) is 26.2 Å². The normalized spacial score (nSPS) is 17.3. The number of rotatable bonds is 8. The highest BCUT2D eigenvalue weighted by Crippen LogP contribution is 2.27. The summed E-state index contributed by atoms with van der Waals surface area (Å²) in [5, 5.41) is 4.15. The molecule has 0 spiro atoms. The van der Waals surface area contributed by atoms with E-state index >= 15 is 0 Å². The van der Waals surface area contributed by atoms with Gasteiger partial charge in [0, 0.05) is 12.1 Å². The summed E-state index contributed by atoms with van der Waals surface area (Å²) >= 11 is 0. The summed E-state index contributed by atoms with van der Waals surface area (Å²) in [4.78, 5) is 7.10. The van der Waals surface area contributed by atoms with E-state index < -0.39 is 0 Å². The van der Waals surface area contributed by atoms with E-state index in [9.17, 15) is 0 Å². The van der Waals surface area contributed by atoms with Crippen LogP contribution in [0, 0.1) is 0 Å². The monoisotopic (exact) mass is 363 g/mol. The van der Waals surface area contributed by atoms with Gasteiger partial charge < -0.3 is 14.2 Å². The number of likely N-dealkylation sites (tertiary alicyclic amines) is 1. The smallest absolute Gasteiger partial charge is 0.231 e. The Labute approximate surface area is 160 Å². The van der Waals surface area contributed by atoms with Gasteiger partial charge in [-0.1, -0.05) is 53.7 Å². The molecule has 5 nitrogen and oxygen atoms in total. The fraction of sp³-hybridized carbons (Fsp3) is 0.364. The molecule has 1 aromatic heterocycles. The highest BCUT2D eigenvalue weighted by Gasteiger charge is 2.28. The van der Waals surface area contributed by atoms with Gasteiger partial charge in [-0.3, -0.25) is 0 Å². The molecular weight excluding hydrogens is 338 g/mol. The zero-order chi connectivity index (χ0) is 18.3. The zero-order valence-electron chi connectivity index (χ0n) is 15.5. The quantitative estimate of drug-likeness (QED) is 0.556. The Bertz CT molecular complexity index is 820. The van der Waals surface area contributed by atoms with Gasteiger partial charge in [0.25, 0.3) is 0 Å². The second kappa shape index (κ2) is 8.82. The first-order valence-corrected chi connectivity index (χ1v) is 9.68. The van der Waals surface area contributed by atoms with E-state index in [1.54, 1.807) is 0 Å². The second-order valence-electron chi connectivity index (χ2n) is 6.98. The van der Waals surface area contributed by atoms with Crippen LogP contribution in [0.2, 0.25) is 0 Å². The summed E-state index contributed by atoms with van der Waals surface area (Å²) in [5.74, 6) is 2.74. The Morgan fingerprint density at radius 2 is 1.78 bits per heavy atom. The number of unbranched alkanes of at least 4 members (excludes halogenated alkanes) is 1. The first-order chi connectivity index (χ1) is 13.4. The molecule has 0 aliphatic carbocycles. The fourth-order valence-corrected chi connectivity index (χ4v) is 3.49. The lowest BCUT2D eigenvalue weighted by molar-refractivity contribution is 0.275. The number of hydrogen-bond acceptors (Lipinski definition) is 5. The minimum Gasteiger partial charge on any atom is -0.494 e. The molecule has 1 aliphatic heterocycles. The van der Waals surface area contributed by atoms with E-state index in [2.05, 4.69) is 15.0 Å². The maximum atomic E-state index is 5.75. The molecule has 27 heavy (non-hydrogen) atoms. The lowest BCUT2D eigenvalue weighted by Gasteiger charge is -2.15. The summed E-state index contributed by atoms with van der Waals surface area (Å²) in [7, 11) is 0. The molecule has 2 heterocycles. The lowest BCUT2D eigenvalue weighted by atomic mass is 10.1. The molecule has 0 N–H and O–H groups in total. The second-order valence-corrected chi connectivity index (χ2v) is 6.98. The Kier molecular flexibility index (Phi) is 5.80. The van der Waals surface area contributed by atoms with E-state index in [0.29, 0.717) is 11.7 Å². The molecule has 0 amide bonds. The van der Waals surface area contributed by atoms with Gasteiger partial charge in [0.1, 0.15) is 5.75 Å². The van der Waals surface area contributed by atoms with Crippen LogP contribution in [0.25, 0.3) is 11.4 Å². The Morgan fingerprint density at radius 3 is 2.59 bits per heavy atom. The topological polar surface area (TPSA) is 51.4 Å². The van der Waals surface area contributed by atoms with Crippen LogP contribution >= 0.6 is 0 Å². The fourth-order valence-electron chi connectivity index (χ4n) is 3.49. The summed E-state index contributed by atoms with van der Waals surface area (Å²) in [6.07, 6.45) is 3.28. The first-order valence-electron chi connectivity index (χ1n) is 9.68. The molecule has 3 aromatic rings. The standard InChI is InChI=1S/C22H25N3O2/c1-3-9-18(10-4-1)21-23-22(27-24-21)19-13-15-25(17-19)14-7-8-16-26-20-11-5-2-6-12-20/h1-6,9-12,19H,7-8,13-17H2/t19-/m1/s1. The molecule has 4 rings (SSSR count). The van der Waals surface area contributed by atoms with Gasteiger partial charge in [0.05, 0.1) is 12.5 Å². The number of para-hydroxylation sites is 1. The van der Waals surface area contributed by atoms with Crippen LogP contribution in [0.1, 0.15) is 31.1 Å². The van der Waals surface area contributed by atoms with E-state index in [4.69, 9.17) is 9.26 Å².